The molecule has 4 aromatic heterocycles. The van der Waals surface area contributed by atoms with E-state index in [4.69, 9.17) is 19.2 Å². The van der Waals surface area contributed by atoms with Crippen molar-refractivity contribution in [2.45, 2.75) is 39.3 Å². The number of hydrogen-bond acceptors (Lipinski definition) is 11. The molecule has 0 radical (unpaired) electrons. The first kappa shape index (κ1) is 26.7. The lowest BCUT2D eigenvalue weighted by Gasteiger charge is -2.44. The van der Waals surface area contributed by atoms with Crippen LogP contribution in [0.2, 0.25) is 0 Å². The number of carbonyl (C=O) groups excluding carboxylic acids is 1. The maximum atomic E-state index is 12.7. The lowest BCUT2D eigenvalue weighted by atomic mass is 10.1. The van der Waals surface area contributed by atoms with Gasteiger partial charge in [0.1, 0.15) is 42.2 Å². The summed E-state index contributed by atoms with van der Waals surface area (Å²) in [5.74, 6) is 3.36. The summed E-state index contributed by atoms with van der Waals surface area (Å²) in [6.07, 6.45) is 6.25. The number of anilines is 3. The van der Waals surface area contributed by atoms with Gasteiger partial charge in [-0.3, -0.25) is 0 Å². The number of nitrogens with zero attached hydrogens (tertiary/aromatic N) is 8. The van der Waals surface area contributed by atoms with Gasteiger partial charge in [-0.05, 0) is 57.5 Å². The number of aromatic nitrogens is 6. The highest BCUT2D eigenvalue weighted by Crippen LogP contribution is 2.42. The summed E-state index contributed by atoms with van der Waals surface area (Å²) in [5, 5.41) is 8.31. The Bertz CT molecular complexity index is 1850. The zero-order valence-corrected chi connectivity index (χ0v) is 24.3. The van der Waals surface area contributed by atoms with Crippen LogP contribution in [0.4, 0.5) is 22.1 Å². The van der Waals surface area contributed by atoms with Gasteiger partial charge < -0.3 is 29.3 Å². The number of nitrogens with one attached hydrogen (secondary N) is 1. The minimum Gasteiger partial charge on any atom is -0.487 e. The number of hydrogen-bond donors (Lipinski definition) is 1. The molecule has 13 nitrogen and oxygen atoms in total. The molecule has 1 atom stereocenters. The number of fused-ring (bicyclic) bond motifs is 6. The van der Waals surface area contributed by atoms with E-state index in [0.717, 1.165) is 28.2 Å². The molecule has 43 heavy (non-hydrogen) atoms. The predicted molar refractivity (Wildman–Crippen MR) is 159 cm³/mol. The highest BCUT2D eigenvalue weighted by atomic mass is 16.6. The van der Waals surface area contributed by atoms with Gasteiger partial charge in [-0.2, -0.15) is 5.10 Å². The van der Waals surface area contributed by atoms with E-state index in [1.54, 1.807) is 15.6 Å². The zero-order valence-electron chi connectivity index (χ0n) is 24.3. The Morgan fingerprint density at radius 2 is 1.95 bits per heavy atom. The highest BCUT2D eigenvalue weighted by molar-refractivity contribution is 5.98. The first-order chi connectivity index (χ1) is 20.7. The number of aryl methyl sites for hydroxylation is 1. The molecule has 0 saturated carbocycles. The van der Waals surface area contributed by atoms with E-state index in [1.165, 1.54) is 12.7 Å². The molecule has 0 bridgehead atoms. The Hall–Kier alpha value is -5.20. The third-order valence-corrected chi connectivity index (χ3v) is 7.36. The summed E-state index contributed by atoms with van der Waals surface area (Å²) in [6.45, 7) is 9.62. The largest absolute Gasteiger partial charge is 0.487 e. The second kappa shape index (κ2) is 10.3. The predicted octanol–water partition coefficient (Wildman–Crippen LogP) is 4.73. The third kappa shape index (κ3) is 5.17. The molecule has 0 aliphatic carbocycles. The first-order valence-electron chi connectivity index (χ1n) is 14.1. The first-order valence-corrected chi connectivity index (χ1v) is 14.1. The Balaban J connectivity index is 1.12. The summed E-state index contributed by atoms with van der Waals surface area (Å²) in [7, 11) is 0. The van der Waals surface area contributed by atoms with E-state index in [2.05, 4.69) is 30.3 Å². The summed E-state index contributed by atoms with van der Waals surface area (Å²) in [5.41, 5.74) is 2.61. The quantitative estimate of drug-likeness (QED) is 0.316. The van der Waals surface area contributed by atoms with E-state index in [0.29, 0.717) is 54.7 Å². The van der Waals surface area contributed by atoms with Crippen LogP contribution in [0.5, 0.6) is 17.2 Å². The van der Waals surface area contributed by atoms with E-state index < -0.39 is 5.60 Å². The second-order valence-corrected chi connectivity index (χ2v) is 11.6. The maximum Gasteiger partial charge on any atom is 0.410 e. The Morgan fingerprint density at radius 3 is 2.79 bits per heavy atom. The zero-order chi connectivity index (χ0) is 29.7. The fourth-order valence-electron chi connectivity index (χ4n) is 5.36. The van der Waals surface area contributed by atoms with Gasteiger partial charge in [-0.1, -0.05) is 0 Å². The Kier molecular flexibility index (Phi) is 6.37. The number of pyridine rings is 2. The van der Waals surface area contributed by atoms with Crippen molar-refractivity contribution in [3.05, 3.63) is 60.9 Å². The molecule has 5 aromatic rings. The molecule has 0 unspecified atom stereocenters. The van der Waals surface area contributed by atoms with Gasteiger partial charge in [0.25, 0.3) is 0 Å². The number of rotatable bonds is 4. The molecule has 0 spiro atoms. The van der Waals surface area contributed by atoms with Crippen LogP contribution >= 0.6 is 0 Å². The normalized spacial score (nSPS) is 16.4. The summed E-state index contributed by atoms with van der Waals surface area (Å²) in [4.78, 5) is 34.6. The molecule has 1 aromatic carbocycles. The van der Waals surface area contributed by atoms with E-state index >= 15 is 0 Å². The number of amides is 1. The van der Waals surface area contributed by atoms with Crippen molar-refractivity contribution in [1.82, 2.24) is 34.4 Å². The summed E-state index contributed by atoms with van der Waals surface area (Å²) >= 11 is 0. The fraction of sp³-hybridized carbons (Fsp3) is 0.333. The molecule has 6 heterocycles. The van der Waals surface area contributed by atoms with E-state index in [9.17, 15) is 4.79 Å². The van der Waals surface area contributed by atoms with Gasteiger partial charge in [0.15, 0.2) is 17.2 Å². The summed E-state index contributed by atoms with van der Waals surface area (Å²) in [6, 6.07) is 9.49. The van der Waals surface area contributed by atoms with Crippen LogP contribution in [0.15, 0.2) is 55.4 Å². The average molecular weight is 582 g/mol. The van der Waals surface area contributed by atoms with Crippen LogP contribution < -0.4 is 19.7 Å². The fourth-order valence-corrected chi connectivity index (χ4v) is 5.36. The molecule has 2 aliphatic rings. The van der Waals surface area contributed by atoms with Crippen molar-refractivity contribution < 1.29 is 19.0 Å². The van der Waals surface area contributed by atoms with Crippen molar-refractivity contribution >= 4 is 40.0 Å². The van der Waals surface area contributed by atoms with Gasteiger partial charge in [-0.15, -0.1) is 0 Å². The molecular weight excluding hydrogens is 550 g/mol. The lowest BCUT2D eigenvalue weighted by Crippen LogP contribution is -2.59. The highest BCUT2D eigenvalue weighted by Gasteiger charge is 2.38. The van der Waals surface area contributed by atoms with Crippen LogP contribution in [-0.2, 0) is 4.74 Å². The molecule has 2 aliphatic heterocycles. The minimum atomic E-state index is -0.548. The van der Waals surface area contributed by atoms with Crippen molar-refractivity contribution in [1.29, 1.82) is 0 Å². The molecule has 7 rings (SSSR count). The Morgan fingerprint density at radius 1 is 1.07 bits per heavy atom. The van der Waals surface area contributed by atoms with Crippen LogP contribution in [0.1, 0.15) is 26.3 Å². The number of benzene rings is 1. The van der Waals surface area contributed by atoms with Crippen molar-refractivity contribution in [2.75, 3.05) is 36.5 Å². The van der Waals surface area contributed by atoms with Gasteiger partial charge in [0, 0.05) is 37.6 Å². The third-order valence-electron chi connectivity index (χ3n) is 7.36. The maximum absolute atomic E-state index is 12.7. The smallest absolute Gasteiger partial charge is 0.410 e. The molecule has 220 valence electrons. The standard InChI is InChI=1S/C30H31N9O4/c1-18-11-19(5-6-23(18)42-21-7-8-39-24(12-21)33-17-35-39)36-27-25-22(32-16-34-27)13-31-28-26(25)41-15-20-14-37(9-10-38(20)28)29(40)43-30(2,3)4/h5-8,11-13,16-17,20H,9-10,14-15H2,1-4H3,(H,32,34,36)/t20-/m1/s1. The SMILES string of the molecule is Cc1cc(Nc2ncnc3cnc4c(c23)OC[C@H]2CN(C(=O)OC(C)(C)C)CCN42)ccc1Oc1ccn2ncnc2c1. The van der Waals surface area contributed by atoms with Crippen LogP contribution in [0, 0.1) is 6.92 Å². The van der Waals surface area contributed by atoms with Crippen molar-refractivity contribution in [3.63, 3.8) is 0 Å². The monoisotopic (exact) mass is 581 g/mol. The minimum absolute atomic E-state index is 0.0413. The van der Waals surface area contributed by atoms with Gasteiger partial charge >= 0.3 is 6.09 Å². The molecule has 13 heteroatoms. The van der Waals surface area contributed by atoms with E-state index in [-0.39, 0.29) is 12.1 Å². The molecule has 1 fully saturated rings. The second-order valence-electron chi connectivity index (χ2n) is 11.6. The average Bonchev–Trinajstić information content (AvgIpc) is 3.45. The van der Waals surface area contributed by atoms with Crippen molar-refractivity contribution in [2.24, 2.45) is 0 Å². The van der Waals surface area contributed by atoms with Gasteiger partial charge in [0.2, 0.25) is 0 Å². The van der Waals surface area contributed by atoms with E-state index in [1.807, 2.05) is 64.2 Å². The van der Waals surface area contributed by atoms with Crippen molar-refractivity contribution in [3.8, 4) is 17.2 Å². The number of carbonyl (C=O) groups is 1. The lowest BCUT2D eigenvalue weighted by molar-refractivity contribution is 0.0194. The number of ether oxygens (including phenoxy) is 3. The van der Waals surface area contributed by atoms with Crippen LogP contribution in [0.25, 0.3) is 16.6 Å². The molecule has 1 N–H and O–H groups in total. The molecular formula is C30H31N9O4. The number of piperazine rings is 1. The van der Waals surface area contributed by atoms with Crippen LogP contribution in [0.3, 0.4) is 0 Å². The van der Waals surface area contributed by atoms with Gasteiger partial charge in [-0.25, -0.2) is 29.2 Å². The Labute approximate surface area is 247 Å². The molecule has 1 amide bonds. The van der Waals surface area contributed by atoms with Gasteiger partial charge in [0.05, 0.1) is 23.1 Å². The summed E-state index contributed by atoms with van der Waals surface area (Å²) < 4.78 is 19.7. The van der Waals surface area contributed by atoms with Crippen LogP contribution in [-0.4, -0.2) is 78.4 Å². The topological polar surface area (TPSA) is 132 Å². The molecule has 1 saturated heterocycles.